The molecule has 0 unspecified atom stereocenters. The molecule has 0 spiro atoms. The highest BCUT2D eigenvalue weighted by atomic mass is 16.3. The fourth-order valence-electron chi connectivity index (χ4n) is 1.43. The molecule has 6 heteroatoms. The monoisotopic (exact) mass is 254 g/mol. The molecule has 0 atom stereocenters. The van der Waals surface area contributed by atoms with E-state index >= 15 is 0 Å². The van der Waals surface area contributed by atoms with Crippen LogP contribution in [0.3, 0.4) is 0 Å². The summed E-state index contributed by atoms with van der Waals surface area (Å²) in [6.45, 7) is -1.55. The first-order valence-electron chi connectivity index (χ1n) is 5.68. The molecule has 4 N–H and O–H groups in total. The highest BCUT2D eigenvalue weighted by Crippen LogP contribution is 2.05. The highest BCUT2D eigenvalue weighted by molar-refractivity contribution is 5.77. The number of nitrogens with zero attached hydrogens (tertiary/aromatic N) is 1. The number of amides is 1. The van der Waals surface area contributed by atoms with Crippen LogP contribution in [0, 0.1) is 0 Å². The van der Waals surface area contributed by atoms with Crippen molar-refractivity contribution in [3.63, 3.8) is 0 Å². The third-order valence-corrected chi connectivity index (χ3v) is 2.68. The van der Waals surface area contributed by atoms with Crippen LogP contribution in [0.4, 0.5) is 0 Å². The van der Waals surface area contributed by atoms with Gasteiger partial charge in [0, 0.05) is 18.8 Å². The van der Waals surface area contributed by atoms with Gasteiger partial charge in [-0.25, -0.2) is 0 Å². The second kappa shape index (κ2) is 7.05. The molecule has 0 aliphatic heterocycles. The summed E-state index contributed by atoms with van der Waals surface area (Å²) in [5.41, 5.74) is -0.429. The molecule has 0 saturated carbocycles. The molecule has 6 nitrogen and oxygen atoms in total. The Morgan fingerprint density at radius 2 is 1.94 bits per heavy atom. The van der Waals surface area contributed by atoms with Gasteiger partial charge < -0.3 is 20.6 Å². The molecule has 0 radical (unpaired) electrons. The maximum absolute atomic E-state index is 11.6. The van der Waals surface area contributed by atoms with Crippen LogP contribution in [0.1, 0.15) is 12.0 Å². The Hall–Kier alpha value is -1.50. The summed E-state index contributed by atoms with van der Waals surface area (Å²) >= 11 is 0. The van der Waals surface area contributed by atoms with Gasteiger partial charge in [-0.3, -0.25) is 9.78 Å². The fraction of sp³-hybridized carbons (Fsp3) is 0.500. The van der Waals surface area contributed by atoms with Crippen LogP contribution < -0.4 is 5.32 Å². The molecule has 0 aromatic carbocycles. The molecular weight excluding hydrogens is 236 g/mol. The lowest BCUT2D eigenvalue weighted by Gasteiger charge is -2.28. The molecule has 18 heavy (non-hydrogen) atoms. The van der Waals surface area contributed by atoms with Gasteiger partial charge in [-0.1, -0.05) is 6.07 Å². The van der Waals surface area contributed by atoms with Crippen LogP contribution >= 0.6 is 0 Å². The van der Waals surface area contributed by atoms with E-state index in [0.717, 1.165) is 5.56 Å². The molecular formula is C12H18N2O4. The number of carbonyl (C=O) groups excluding carboxylic acids is 1. The molecule has 0 saturated heterocycles. The third-order valence-electron chi connectivity index (χ3n) is 2.68. The van der Waals surface area contributed by atoms with E-state index in [1.165, 1.54) is 0 Å². The third kappa shape index (κ3) is 4.06. The predicted octanol–water partition coefficient (Wildman–Crippen LogP) is -1.15. The Morgan fingerprint density at radius 3 is 2.44 bits per heavy atom. The summed E-state index contributed by atoms with van der Waals surface area (Å²) in [5, 5.41) is 29.6. The summed E-state index contributed by atoms with van der Waals surface area (Å²) in [5.74, 6) is -0.337. The Labute approximate surface area is 105 Å². The van der Waals surface area contributed by atoms with Crippen molar-refractivity contribution in [3.05, 3.63) is 30.1 Å². The first-order valence-corrected chi connectivity index (χ1v) is 5.68. The van der Waals surface area contributed by atoms with Crippen molar-refractivity contribution < 1.29 is 20.1 Å². The summed E-state index contributed by atoms with van der Waals surface area (Å²) < 4.78 is 0. The van der Waals surface area contributed by atoms with Crippen molar-refractivity contribution in [2.45, 2.75) is 18.4 Å². The average molecular weight is 254 g/mol. The molecule has 0 bridgehead atoms. The van der Waals surface area contributed by atoms with E-state index in [1.807, 2.05) is 6.07 Å². The number of carbonyl (C=O) groups is 1. The maximum Gasteiger partial charge on any atom is 0.220 e. The van der Waals surface area contributed by atoms with Crippen molar-refractivity contribution in [2.75, 3.05) is 19.8 Å². The number of hydrogen-bond donors (Lipinski definition) is 4. The standard InChI is InChI=1S/C12H18N2O4/c15-7-12(8-16,9-17)14-11(18)4-3-10-2-1-5-13-6-10/h1-2,5-6,15-17H,3-4,7-9H2,(H,14,18). The van der Waals surface area contributed by atoms with E-state index in [2.05, 4.69) is 10.3 Å². The number of aromatic nitrogens is 1. The minimum atomic E-state index is -1.36. The second-order valence-electron chi connectivity index (χ2n) is 4.16. The second-order valence-corrected chi connectivity index (χ2v) is 4.16. The number of rotatable bonds is 7. The predicted molar refractivity (Wildman–Crippen MR) is 64.7 cm³/mol. The van der Waals surface area contributed by atoms with Crippen LogP contribution in [0.15, 0.2) is 24.5 Å². The molecule has 1 aromatic heterocycles. The van der Waals surface area contributed by atoms with Crippen molar-refractivity contribution in [3.8, 4) is 0 Å². The van der Waals surface area contributed by atoms with E-state index < -0.39 is 25.4 Å². The SMILES string of the molecule is O=C(CCc1cccnc1)NC(CO)(CO)CO. The topological polar surface area (TPSA) is 103 Å². The lowest BCUT2D eigenvalue weighted by Crippen LogP contribution is -2.57. The highest BCUT2D eigenvalue weighted by Gasteiger charge is 2.29. The van der Waals surface area contributed by atoms with Crippen LogP contribution in [0.25, 0.3) is 0 Å². The van der Waals surface area contributed by atoms with Crippen LogP contribution in [0.2, 0.25) is 0 Å². The van der Waals surface area contributed by atoms with Crippen molar-refractivity contribution >= 4 is 5.91 Å². The van der Waals surface area contributed by atoms with Gasteiger partial charge in [0.15, 0.2) is 0 Å². The zero-order valence-corrected chi connectivity index (χ0v) is 10.0. The van der Waals surface area contributed by atoms with Crippen LogP contribution in [0.5, 0.6) is 0 Å². The van der Waals surface area contributed by atoms with Crippen molar-refractivity contribution in [1.29, 1.82) is 0 Å². The van der Waals surface area contributed by atoms with Crippen molar-refractivity contribution in [2.24, 2.45) is 0 Å². The minimum absolute atomic E-state index is 0.202. The van der Waals surface area contributed by atoms with E-state index in [1.54, 1.807) is 18.5 Å². The zero-order valence-electron chi connectivity index (χ0n) is 10.0. The van der Waals surface area contributed by atoms with Gasteiger partial charge in [-0.15, -0.1) is 0 Å². The largest absolute Gasteiger partial charge is 0.394 e. The van der Waals surface area contributed by atoms with Gasteiger partial charge >= 0.3 is 0 Å². The summed E-state index contributed by atoms with van der Waals surface area (Å²) in [6.07, 6.45) is 4.04. The fourth-order valence-corrected chi connectivity index (χ4v) is 1.43. The number of pyridine rings is 1. The summed E-state index contributed by atoms with van der Waals surface area (Å²) in [6, 6.07) is 3.64. The van der Waals surface area contributed by atoms with Gasteiger partial charge in [-0.2, -0.15) is 0 Å². The number of hydrogen-bond acceptors (Lipinski definition) is 5. The molecule has 1 aromatic rings. The summed E-state index contributed by atoms with van der Waals surface area (Å²) in [7, 11) is 0. The number of aliphatic hydroxyl groups excluding tert-OH is 3. The number of aryl methyl sites for hydroxylation is 1. The molecule has 0 aliphatic carbocycles. The Morgan fingerprint density at radius 1 is 1.28 bits per heavy atom. The lowest BCUT2D eigenvalue weighted by atomic mass is 10.0. The normalized spacial score (nSPS) is 11.3. The average Bonchev–Trinajstić information content (AvgIpc) is 2.44. The van der Waals surface area contributed by atoms with Crippen LogP contribution in [-0.2, 0) is 11.2 Å². The van der Waals surface area contributed by atoms with Crippen molar-refractivity contribution in [1.82, 2.24) is 10.3 Å². The Kier molecular flexibility index (Phi) is 5.70. The van der Waals surface area contributed by atoms with E-state index in [4.69, 9.17) is 15.3 Å². The molecule has 1 rings (SSSR count). The maximum atomic E-state index is 11.6. The van der Waals surface area contributed by atoms with E-state index in [0.29, 0.717) is 6.42 Å². The molecule has 100 valence electrons. The molecule has 1 heterocycles. The smallest absolute Gasteiger partial charge is 0.220 e. The van der Waals surface area contributed by atoms with E-state index in [9.17, 15) is 4.79 Å². The van der Waals surface area contributed by atoms with Gasteiger partial charge in [0.1, 0.15) is 5.54 Å². The van der Waals surface area contributed by atoms with E-state index in [-0.39, 0.29) is 12.3 Å². The Balaban J connectivity index is 2.46. The quantitative estimate of drug-likeness (QED) is 0.492. The summed E-state index contributed by atoms with van der Waals surface area (Å²) in [4.78, 5) is 15.6. The minimum Gasteiger partial charge on any atom is -0.394 e. The number of aliphatic hydroxyl groups is 3. The molecule has 1 amide bonds. The molecule has 0 aliphatic rings. The van der Waals surface area contributed by atoms with Gasteiger partial charge in [0.05, 0.1) is 19.8 Å². The lowest BCUT2D eigenvalue weighted by molar-refractivity contribution is -0.125. The van der Waals surface area contributed by atoms with Gasteiger partial charge in [-0.05, 0) is 18.1 Å². The van der Waals surface area contributed by atoms with Gasteiger partial charge in [0.25, 0.3) is 0 Å². The zero-order chi connectivity index (χ0) is 13.4. The first-order chi connectivity index (χ1) is 8.65. The number of nitrogens with one attached hydrogen (secondary N) is 1. The Bertz CT molecular complexity index is 357. The molecule has 0 fully saturated rings. The first kappa shape index (κ1) is 14.6. The van der Waals surface area contributed by atoms with Crippen LogP contribution in [-0.4, -0.2) is 51.6 Å². The van der Waals surface area contributed by atoms with Gasteiger partial charge in [0.2, 0.25) is 5.91 Å².